The highest BCUT2D eigenvalue weighted by molar-refractivity contribution is 7.99. The minimum absolute atomic E-state index is 0.0596. The monoisotopic (exact) mass is 296 g/mol. The van der Waals surface area contributed by atoms with Crippen LogP contribution in [0.5, 0.6) is 0 Å². The summed E-state index contributed by atoms with van der Waals surface area (Å²) in [6.07, 6.45) is 0. The second kappa shape index (κ2) is 5.66. The predicted octanol–water partition coefficient (Wildman–Crippen LogP) is 3.99. The van der Waals surface area contributed by atoms with Crippen molar-refractivity contribution in [2.24, 2.45) is 0 Å². The molecule has 0 unspecified atom stereocenters. The van der Waals surface area contributed by atoms with Gasteiger partial charge in [-0.15, -0.1) is 0 Å². The molecule has 1 amide bonds. The van der Waals surface area contributed by atoms with Crippen molar-refractivity contribution in [1.29, 1.82) is 0 Å². The SMILES string of the molecule is CNC(=O)c1ccccc1Sc1c(C)[nH]c2ccccc12. The summed E-state index contributed by atoms with van der Waals surface area (Å²) >= 11 is 1.63. The molecular formula is C17H16N2OS. The Morgan fingerprint density at radius 1 is 1.10 bits per heavy atom. The Morgan fingerprint density at radius 3 is 2.62 bits per heavy atom. The lowest BCUT2D eigenvalue weighted by Gasteiger charge is -2.08. The fourth-order valence-corrected chi connectivity index (χ4v) is 3.50. The summed E-state index contributed by atoms with van der Waals surface area (Å²) in [5.74, 6) is -0.0596. The van der Waals surface area contributed by atoms with Crippen LogP contribution in [0.25, 0.3) is 10.9 Å². The van der Waals surface area contributed by atoms with Gasteiger partial charge in [-0.3, -0.25) is 4.79 Å². The van der Waals surface area contributed by atoms with Gasteiger partial charge in [-0.25, -0.2) is 0 Å². The van der Waals surface area contributed by atoms with Crippen LogP contribution in [0.2, 0.25) is 0 Å². The number of benzene rings is 2. The summed E-state index contributed by atoms with van der Waals surface area (Å²) < 4.78 is 0. The van der Waals surface area contributed by atoms with Crippen molar-refractivity contribution in [2.75, 3.05) is 7.05 Å². The van der Waals surface area contributed by atoms with Gasteiger partial charge in [0, 0.05) is 33.4 Å². The van der Waals surface area contributed by atoms with Gasteiger partial charge >= 0.3 is 0 Å². The van der Waals surface area contributed by atoms with Gasteiger partial charge in [0.1, 0.15) is 0 Å². The Bertz CT molecular complexity index is 807. The number of H-pyrrole nitrogens is 1. The minimum Gasteiger partial charge on any atom is -0.358 e. The maximum atomic E-state index is 12.0. The number of carbonyl (C=O) groups is 1. The lowest BCUT2D eigenvalue weighted by atomic mass is 10.2. The van der Waals surface area contributed by atoms with E-state index in [9.17, 15) is 4.79 Å². The molecule has 1 heterocycles. The number of aromatic nitrogens is 1. The zero-order valence-electron chi connectivity index (χ0n) is 11.9. The van der Waals surface area contributed by atoms with Crippen molar-refractivity contribution in [3.8, 4) is 0 Å². The first-order valence-electron chi connectivity index (χ1n) is 6.77. The molecule has 0 fully saturated rings. The molecule has 0 saturated carbocycles. The fourth-order valence-electron chi connectivity index (χ4n) is 2.37. The molecule has 0 atom stereocenters. The summed E-state index contributed by atoms with van der Waals surface area (Å²) in [6, 6.07) is 15.9. The van der Waals surface area contributed by atoms with Gasteiger partial charge in [-0.1, -0.05) is 42.1 Å². The predicted molar refractivity (Wildman–Crippen MR) is 87.0 cm³/mol. The molecule has 0 aliphatic heterocycles. The number of hydrogen-bond acceptors (Lipinski definition) is 2. The van der Waals surface area contributed by atoms with E-state index in [0.29, 0.717) is 5.56 Å². The average molecular weight is 296 g/mol. The van der Waals surface area contributed by atoms with Crippen LogP contribution in [0.1, 0.15) is 16.1 Å². The van der Waals surface area contributed by atoms with Crippen molar-refractivity contribution < 1.29 is 4.79 Å². The Balaban J connectivity index is 2.07. The second-order valence-corrected chi connectivity index (χ2v) is 5.85. The Labute approximate surface area is 127 Å². The zero-order valence-corrected chi connectivity index (χ0v) is 12.8. The number of amides is 1. The topological polar surface area (TPSA) is 44.9 Å². The molecular weight excluding hydrogens is 280 g/mol. The van der Waals surface area contributed by atoms with E-state index < -0.39 is 0 Å². The standard InChI is InChI=1S/C17H16N2OS/c1-11-16(12-7-3-5-9-14(12)19-11)21-15-10-6-4-8-13(15)17(20)18-2/h3-10,19H,1-2H3,(H,18,20). The van der Waals surface area contributed by atoms with E-state index >= 15 is 0 Å². The first-order chi connectivity index (χ1) is 10.2. The first kappa shape index (κ1) is 13.8. The van der Waals surface area contributed by atoms with Gasteiger partial charge < -0.3 is 10.3 Å². The van der Waals surface area contributed by atoms with Crippen LogP contribution in [-0.2, 0) is 0 Å². The van der Waals surface area contributed by atoms with Crippen molar-refractivity contribution in [3.05, 3.63) is 59.8 Å². The smallest absolute Gasteiger partial charge is 0.252 e. The van der Waals surface area contributed by atoms with E-state index in [1.807, 2.05) is 36.4 Å². The van der Waals surface area contributed by atoms with Gasteiger partial charge in [0.15, 0.2) is 0 Å². The Kier molecular flexibility index (Phi) is 3.71. The summed E-state index contributed by atoms with van der Waals surface area (Å²) in [5, 5.41) is 3.88. The normalized spacial score (nSPS) is 10.8. The first-order valence-corrected chi connectivity index (χ1v) is 7.58. The van der Waals surface area contributed by atoms with Crippen LogP contribution in [-0.4, -0.2) is 17.9 Å². The van der Waals surface area contributed by atoms with Crippen LogP contribution in [0.3, 0.4) is 0 Å². The molecule has 3 aromatic rings. The molecule has 0 aliphatic rings. The number of hydrogen-bond donors (Lipinski definition) is 2. The number of rotatable bonds is 3. The number of aryl methyl sites for hydroxylation is 1. The molecule has 0 saturated heterocycles. The van der Waals surface area contributed by atoms with E-state index in [4.69, 9.17) is 0 Å². The molecule has 4 heteroatoms. The van der Waals surface area contributed by atoms with Crippen molar-refractivity contribution in [1.82, 2.24) is 10.3 Å². The number of aromatic amines is 1. The Hall–Kier alpha value is -2.20. The number of carbonyl (C=O) groups excluding carboxylic acids is 1. The van der Waals surface area contributed by atoms with Gasteiger partial charge in [0.2, 0.25) is 0 Å². The number of para-hydroxylation sites is 1. The van der Waals surface area contributed by atoms with Crippen molar-refractivity contribution in [2.45, 2.75) is 16.7 Å². The zero-order chi connectivity index (χ0) is 14.8. The quantitative estimate of drug-likeness (QED) is 0.767. The third kappa shape index (κ3) is 2.54. The molecule has 1 aromatic heterocycles. The van der Waals surface area contributed by atoms with Gasteiger partial charge in [0.25, 0.3) is 5.91 Å². The molecule has 3 rings (SSSR count). The number of nitrogens with one attached hydrogen (secondary N) is 2. The fraction of sp³-hybridized carbons (Fsp3) is 0.118. The van der Waals surface area contributed by atoms with Crippen molar-refractivity contribution in [3.63, 3.8) is 0 Å². The molecule has 0 bridgehead atoms. The van der Waals surface area contributed by atoms with Gasteiger partial charge in [0.05, 0.1) is 5.56 Å². The lowest BCUT2D eigenvalue weighted by molar-refractivity contribution is 0.0960. The maximum Gasteiger partial charge on any atom is 0.252 e. The third-order valence-electron chi connectivity index (χ3n) is 3.41. The van der Waals surface area contributed by atoms with Crippen LogP contribution in [0, 0.1) is 6.92 Å². The Morgan fingerprint density at radius 2 is 1.81 bits per heavy atom. The summed E-state index contributed by atoms with van der Waals surface area (Å²) in [5.41, 5.74) is 2.94. The number of fused-ring (bicyclic) bond motifs is 1. The minimum atomic E-state index is -0.0596. The highest BCUT2D eigenvalue weighted by Gasteiger charge is 2.14. The lowest BCUT2D eigenvalue weighted by Crippen LogP contribution is -2.18. The van der Waals surface area contributed by atoms with E-state index in [2.05, 4.69) is 29.4 Å². The molecule has 3 nitrogen and oxygen atoms in total. The van der Waals surface area contributed by atoms with Gasteiger partial charge in [-0.2, -0.15) is 0 Å². The van der Waals surface area contributed by atoms with Crippen molar-refractivity contribution >= 4 is 28.6 Å². The van der Waals surface area contributed by atoms with Crippen LogP contribution >= 0.6 is 11.8 Å². The molecule has 0 spiro atoms. The molecule has 21 heavy (non-hydrogen) atoms. The molecule has 0 radical (unpaired) electrons. The van der Waals surface area contributed by atoms with E-state index in [1.54, 1.807) is 18.8 Å². The molecule has 2 N–H and O–H groups in total. The third-order valence-corrected chi connectivity index (χ3v) is 4.71. The highest BCUT2D eigenvalue weighted by atomic mass is 32.2. The molecule has 106 valence electrons. The second-order valence-electron chi connectivity index (χ2n) is 4.80. The molecule has 0 aliphatic carbocycles. The maximum absolute atomic E-state index is 12.0. The highest BCUT2D eigenvalue weighted by Crippen LogP contribution is 2.37. The largest absolute Gasteiger partial charge is 0.358 e. The summed E-state index contributed by atoms with van der Waals surface area (Å²) in [6.45, 7) is 2.06. The van der Waals surface area contributed by atoms with E-state index in [1.165, 1.54) is 10.3 Å². The molecule has 2 aromatic carbocycles. The van der Waals surface area contributed by atoms with E-state index in [-0.39, 0.29) is 5.91 Å². The summed E-state index contributed by atoms with van der Waals surface area (Å²) in [7, 11) is 1.65. The van der Waals surface area contributed by atoms with Crippen LogP contribution in [0.15, 0.2) is 58.3 Å². The van der Waals surface area contributed by atoms with Crippen LogP contribution in [0.4, 0.5) is 0 Å². The van der Waals surface area contributed by atoms with E-state index in [0.717, 1.165) is 16.1 Å². The average Bonchev–Trinajstić information content (AvgIpc) is 2.83. The van der Waals surface area contributed by atoms with Gasteiger partial charge in [-0.05, 0) is 25.1 Å². The summed E-state index contributed by atoms with van der Waals surface area (Å²) in [4.78, 5) is 17.5. The van der Waals surface area contributed by atoms with Crippen LogP contribution < -0.4 is 5.32 Å².